The number of hydrogen-bond donors (Lipinski definition) is 1. The zero-order chi connectivity index (χ0) is 23.7. The molecule has 1 aromatic heterocycles. The summed E-state index contributed by atoms with van der Waals surface area (Å²) in [6, 6.07) is 12.5. The number of hydrogen-bond acceptors (Lipinski definition) is 3. The standard InChI is InChI=1S/C29H38FNO2/c1-3-5-7-8-9-22-11-16-27(31-21-22)25-14-12-23(13-15-25)24-17-19-29(33,20-18-24)28(32)26(30)10-6-4-2/h8-9,11-16,21,24,26,33H,3-7,10,17-20H2,1-2H3. The molecule has 1 aromatic carbocycles. The summed E-state index contributed by atoms with van der Waals surface area (Å²) < 4.78 is 14.2. The molecular formula is C29H38FNO2. The van der Waals surface area contributed by atoms with E-state index in [2.05, 4.69) is 54.4 Å². The van der Waals surface area contributed by atoms with Gasteiger partial charge in [-0.25, -0.2) is 4.39 Å². The Morgan fingerprint density at radius 2 is 1.82 bits per heavy atom. The van der Waals surface area contributed by atoms with Gasteiger partial charge in [0.2, 0.25) is 0 Å². The minimum atomic E-state index is -1.54. The SMILES string of the molecule is CCCCC=Cc1ccc(-c2ccc(C3CCC(O)(C(=O)C(F)CCCC)CC3)cc2)nc1. The van der Waals surface area contributed by atoms with Gasteiger partial charge in [-0.2, -0.15) is 0 Å². The van der Waals surface area contributed by atoms with Crippen LogP contribution in [-0.2, 0) is 4.79 Å². The van der Waals surface area contributed by atoms with Crippen molar-refractivity contribution in [3.63, 3.8) is 0 Å². The smallest absolute Gasteiger partial charge is 0.198 e. The molecule has 0 saturated heterocycles. The van der Waals surface area contributed by atoms with Crippen LogP contribution in [0.4, 0.5) is 4.39 Å². The number of carbonyl (C=O) groups is 1. The van der Waals surface area contributed by atoms with E-state index >= 15 is 0 Å². The first kappa shape index (κ1) is 25.3. The van der Waals surface area contributed by atoms with Gasteiger partial charge in [0.05, 0.1) is 5.69 Å². The molecule has 4 heteroatoms. The van der Waals surface area contributed by atoms with Gasteiger partial charge in [-0.1, -0.05) is 82.0 Å². The summed E-state index contributed by atoms with van der Waals surface area (Å²) in [5.74, 6) is -0.330. The molecule has 1 N–H and O–H groups in total. The van der Waals surface area contributed by atoms with E-state index in [0.717, 1.165) is 29.7 Å². The fourth-order valence-corrected chi connectivity index (χ4v) is 4.62. The Labute approximate surface area is 198 Å². The summed E-state index contributed by atoms with van der Waals surface area (Å²) in [5.41, 5.74) is 2.82. The topological polar surface area (TPSA) is 50.2 Å². The second kappa shape index (κ2) is 12.2. The molecule has 0 spiro atoms. The van der Waals surface area contributed by atoms with E-state index in [0.29, 0.717) is 32.1 Å². The number of aliphatic hydroxyl groups is 1. The number of rotatable bonds is 11. The molecule has 0 radical (unpaired) electrons. The van der Waals surface area contributed by atoms with Crippen molar-refractivity contribution in [2.45, 2.75) is 95.7 Å². The molecule has 1 saturated carbocycles. The Balaban J connectivity index is 1.57. The first-order valence-electron chi connectivity index (χ1n) is 12.6. The Morgan fingerprint density at radius 3 is 2.42 bits per heavy atom. The number of allylic oxidation sites excluding steroid dienone is 1. The average molecular weight is 452 g/mol. The van der Waals surface area contributed by atoms with E-state index in [1.807, 2.05) is 19.2 Å². The van der Waals surface area contributed by atoms with E-state index in [1.54, 1.807) is 0 Å². The molecule has 0 amide bonds. The highest BCUT2D eigenvalue weighted by molar-refractivity contribution is 5.91. The van der Waals surface area contributed by atoms with Gasteiger partial charge in [-0.05, 0) is 61.6 Å². The van der Waals surface area contributed by atoms with Crippen molar-refractivity contribution in [3.05, 3.63) is 59.8 Å². The van der Waals surface area contributed by atoms with Gasteiger partial charge in [0.25, 0.3) is 0 Å². The summed E-state index contributed by atoms with van der Waals surface area (Å²) >= 11 is 0. The van der Waals surface area contributed by atoms with Crippen molar-refractivity contribution >= 4 is 11.9 Å². The molecule has 0 aliphatic heterocycles. The number of alkyl halides is 1. The summed E-state index contributed by atoms with van der Waals surface area (Å²) in [5, 5.41) is 10.8. The van der Waals surface area contributed by atoms with E-state index in [9.17, 15) is 14.3 Å². The number of aromatic nitrogens is 1. The van der Waals surface area contributed by atoms with Crippen LogP contribution in [0.1, 0.15) is 95.1 Å². The van der Waals surface area contributed by atoms with Crippen molar-refractivity contribution < 1.29 is 14.3 Å². The minimum absolute atomic E-state index is 0.215. The summed E-state index contributed by atoms with van der Waals surface area (Å²) in [6.07, 6.45) is 12.0. The number of ketones is 1. The second-order valence-corrected chi connectivity index (χ2v) is 9.42. The van der Waals surface area contributed by atoms with Crippen LogP contribution in [0.25, 0.3) is 17.3 Å². The number of pyridine rings is 1. The molecule has 1 aliphatic carbocycles. The van der Waals surface area contributed by atoms with Gasteiger partial charge in [0, 0.05) is 11.8 Å². The van der Waals surface area contributed by atoms with Crippen LogP contribution < -0.4 is 0 Å². The highest BCUT2D eigenvalue weighted by atomic mass is 19.1. The summed E-state index contributed by atoms with van der Waals surface area (Å²) in [4.78, 5) is 17.1. The maximum atomic E-state index is 14.2. The van der Waals surface area contributed by atoms with Crippen LogP contribution in [0.5, 0.6) is 0 Å². The molecule has 1 fully saturated rings. The molecule has 33 heavy (non-hydrogen) atoms. The third-order valence-electron chi connectivity index (χ3n) is 6.87. The largest absolute Gasteiger partial charge is 0.382 e. The van der Waals surface area contributed by atoms with Crippen LogP contribution in [0.2, 0.25) is 0 Å². The van der Waals surface area contributed by atoms with Gasteiger partial charge in [-0.15, -0.1) is 0 Å². The number of nitrogens with zero attached hydrogens (tertiary/aromatic N) is 1. The molecule has 1 heterocycles. The lowest BCUT2D eigenvalue weighted by molar-refractivity contribution is -0.146. The van der Waals surface area contributed by atoms with Crippen LogP contribution in [0, 0.1) is 0 Å². The van der Waals surface area contributed by atoms with Crippen LogP contribution in [0.15, 0.2) is 48.7 Å². The van der Waals surface area contributed by atoms with E-state index < -0.39 is 17.6 Å². The minimum Gasteiger partial charge on any atom is -0.382 e. The Bertz CT molecular complexity index is 896. The predicted octanol–water partition coefficient (Wildman–Crippen LogP) is 7.44. The average Bonchev–Trinajstić information content (AvgIpc) is 2.85. The van der Waals surface area contributed by atoms with E-state index in [1.165, 1.54) is 18.4 Å². The molecule has 1 atom stereocenters. The summed E-state index contributed by atoms with van der Waals surface area (Å²) in [6.45, 7) is 4.17. The maximum absolute atomic E-state index is 14.2. The Morgan fingerprint density at radius 1 is 1.12 bits per heavy atom. The van der Waals surface area contributed by atoms with Crippen molar-refractivity contribution in [2.24, 2.45) is 0 Å². The molecule has 1 aliphatic rings. The van der Waals surface area contributed by atoms with Gasteiger partial charge in [0.15, 0.2) is 12.0 Å². The molecule has 0 bridgehead atoms. The molecule has 3 nitrogen and oxygen atoms in total. The highest BCUT2D eigenvalue weighted by Crippen LogP contribution is 2.40. The molecule has 178 valence electrons. The lowest BCUT2D eigenvalue weighted by atomic mass is 9.73. The second-order valence-electron chi connectivity index (χ2n) is 9.42. The van der Waals surface area contributed by atoms with Gasteiger partial charge < -0.3 is 5.11 Å². The first-order valence-corrected chi connectivity index (χ1v) is 12.6. The monoisotopic (exact) mass is 451 g/mol. The molecule has 1 unspecified atom stereocenters. The van der Waals surface area contributed by atoms with Gasteiger partial charge >= 0.3 is 0 Å². The number of Topliss-reactive ketones (excluding diaryl/α,β-unsaturated/α-hetero) is 1. The van der Waals surface area contributed by atoms with Gasteiger partial charge in [-0.3, -0.25) is 9.78 Å². The highest BCUT2D eigenvalue weighted by Gasteiger charge is 2.43. The fourth-order valence-electron chi connectivity index (χ4n) is 4.62. The van der Waals surface area contributed by atoms with Crippen LogP contribution >= 0.6 is 0 Å². The van der Waals surface area contributed by atoms with Crippen molar-refractivity contribution in [1.29, 1.82) is 0 Å². The number of halogens is 1. The lowest BCUT2D eigenvalue weighted by Crippen LogP contribution is -2.46. The third kappa shape index (κ3) is 6.83. The van der Waals surface area contributed by atoms with Crippen LogP contribution in [0.3, 0.4) is 0 Å². The fraction of sp³-hybridized carbons (Fsp3) is 0.517. The number of unbranched alkanes of at least 4 members (excludes halogenated alkanes) is 3. The quantitative estimate of drug-likeness (QED) is 0.361. The zero-order valence-electron chi connectivity index (χ0n) is 20.1. The number of carbonyl (C=O) groups excluding carboxylic acids is 1. The molecule has 2 aromatic rings. The van der Waals surface area contributed by atoms with Crippen molar-refractivity contribution in [1.82, 2.24) is 4.98 Å². The Kier molecular flexibility index (Phi) is 9.37. The molecular weight excluding hydrogens is 413 g/mol. The Hall–Kier alpha value is -2.33. The summed E-state index contributed by atoms with van der Waals surface area (Å²) in [7, 11) is 0. The van der Waals surface area contributed by atoms with Crippen LogP contribution in [-0.4, -0.2) is 27.6 Å². The third-order valence-corrected chi connectivity index (χ3v) is 6.87. The number of benzene rings is 1. The first-order chi connectivity index (χ1) is 16.0. The maximum Gasteiger partial charge on any atom is 0.198 e. The van der Waals surface area contributed by atoms with Gasteiger partial charge in [0.1, 0.15) is 5.60 Å². The van der Waals surface area contributed by atoms with E-state index in [4.69, 9.17) is 0 Å². The van der Waals surface area contributed by atoms with Crippen molar-refractivity contribution in [3.8, 4) is 11.3 Å². The predicted molar refractivity (Wildman–Crippen MR) is 134 cm³/mol. The zero-order valence-corrected chi connectivity index (χ0v) is 20.1. The molecule has 3 rings (SSSR count). The lowest BCUT2D eigenvalue weighted by Gasteiger charge is -2.35. The van der Waals surface area contributed by atoms with Crippen molar-refractivity contribution in [2.75, 3.05) is 0 Å². The van der Waals surface area contributed by atoms with E-state index in [-0.39, 0.29) is 12.3 Å². The normalized spacial score (nSPS) is 21.9.